The first-order valence-electron chi connectivity index (χ1n) is 6.93. The first-order valence-corrected chi connectivity index (χ1v) is 7.30. The van der Waals surface area contributed by atoms with Gasteiger partial charge < -0.3 is 10.5 Å². The highest BCUT2D eigenvalue weighted by atomic mass is 35.5. The SMILES string of the molecule is COc1cccc(Cl)c1CN1CCCC(C)C1CN.Cl. The predicted molar refractivity (Wildman–Crippen MR) is 86.9 cm³/mol. The van der Waals surface area contributed by atoms with Gasteiger partial charge in [-0.25, -0.2) is 0 Å². The van der Waals surface area contributed by atoms with Crippen molar-refractivity contribution < 1.29 is 4.74 Å². The molecule has 1 fully saturated rings. The average Bonchev–Trinajstić information content (AvgIpc) is 2.41. The minimum absolute atomic E-state index is 0. The average molecular weight is 319 g/mol. The van der Waals surface area contributed by atoms with E-state index in [2.05, 4.69) is 11.8 Å². The van der Waals surface area contributed by atoms with Crippen LogP contribution in [-0.2, 0) is 6.54 Å². The fraction of sp³-hybridized carbons (Fsp3) is 0.600. The molecule has 2 N–H and O–H groups in total. The molecule has 1 aliphatic heterocycles. The molecule has 0 bridgehead atoms. The maximum absolute atomic E-state index is 6.32. The summed E-state index contributed by atoms with van der Waals surface area (Å²) >= 11 is 6.32. The molecule has 20 heavy (non-hydrogen) atoms. The third-order valence-corrected chi connectivity index (χ3v) is 4.48. The van der Waals surface area contributed by atoms with Crippen molar-refractivity contribution in [3.63, 3.8) is 0 Å². The molecule has 114 valence electrons. The Kier molecular flexibility index (Phi) is 7.10. The Balaban J connectivity index is 0.00000200. The van der Waals surface area contributed by atoms with Gasteiger partial charge in [0.15, 0.2) is 0 Å². The van der Waals surface area contributed by atoms with Gasteiger partial charge in [0.25, 0.3) is 0 Å². The fourth-order valence-corrected chi connectivity index (χ4v) is 3.22. The molecule has 3 nitrogen and oxygen atoms in total. The molecule has 0 aliphatic carbocycles. The highest BCUT2D eigenvalue weighted by Gasteiger charge is 2.28. The Morgan fingerprint density at radius 2 is 2.20 bits per heavy atom. The van der Waals surface area contributed by atoms with Gasteiger partial charge in [0.05, 0.1) is 7.11 Å². The summed E-state index contributed by atoms with van der Waals surface area (Å²) in [5.74, 6) is 1.51. The van der Waals surface area contributed by atoms with E-state index in [1.165, 1.54) is 12.8 Å². The summed E-state index contributed by atoms with van der Waals surface area (Å²) in [7, 11) is 1.69. The summed E-state index contributed by atoms with van der Waals surface area (Å²) in [4.78, 5) is 2.44. The van der Waals surface area contributed by atoms with E-state index < -0.39 is 0 Å². The minimum atomic E-state index is 0. The number of methoxy groups -OCH3 is 1. The molecule has 0 spiro atoms. The van der Waals surface area contributed by atoms with Crippen molar-refractivity contribution >= 4 is 24.0 Å². The maximum atomic E-state index is 6.32. The van der Waals surface area contributed by atoms with Crippen LogP contribution in [0.15, 0.2) is 18.2 Å². The standard InChI is InChI=1S/C15H23ClN2O.ClH/c1-11-5-4-8-18(14(11)9-17)10-12-13(16)6-3-7-15(12)19-2;/h3,6-7,11,14H,4-5,8-10,17H2,1-2H3;1H. The molecule has 1 aromatic rings. The van der Waals surface area contributed by atoms with Crippen LogP contribution in [0.1, 0.15) is 25.3 Å². The van der Waals surface area contributed by atoms with E-state index in [4.69, 9.17) is 22.1 Å². The Morgan fingerprint density at radius 1 is 1.45 bits per heavy atom. The summed E-state index contributed by atoms with van der Waals surface area (Å²) < 4.78 is 5.42. The molecular weight excluding hydrogens is 295 g/mol. The molecule has 2 unspecified atom stereocenters. The van der Waals surface area contributed by atoms with Crippen LogP contribution < -0.4 is 10.5 Å². The van der Waals surface area contributed by atoms with E-state index in [1.807, 2.05) is 18.2 Å². The van der Waals surface area contributed by atoms with E-state index in [9.17, 15) is 0 Å². The number of nitrogens with zero attached hydrogens (tertiary/aromatic N) is 1. The van der Waals surface area contributed by atoms with Gasteiger partial charge in [0.2, 0.25) is 0 Å². The molecule has 5 heteroatoms. The molecule has 2 rings (SSSR count). The summed E-state index contributed by atoms with van der Waals surface area (Å²) in [5, 5.41) is 0.772. The molecule has 0 radical (unpaired) electrons. The van der Waals surface area contributed by atoms with Gasteiger partial charge in [-0.15, -0.1) is 12.4 Å². The van der Waals surface area contributed by atoms with Crippen molar-refractivity contribution in [1.82, 2.24) is 4.90 Å². The molecular formula is C15H24Cl2N2O. The van der Waals surface area contributed by atoms with Crippen LogP contribution in [0.25, 0.3) is 0 Å². The van der Waals surface area contributed by atoms with E-state index in [-0.39, 0.29) is 12.4 Å². The summed E-state index contributed by atoms with van der Waals surface area (Å²) in [6.07, 6.45) is 2.49. The number of halogens is 2. The van der Waals surface area contributed by atoms with E-state index in [0.717, 1.165) is 29.4 Å². The van der Waals surface area contributed by atoms with Crippen molar-refractivity contribution in [3.8, 4) is 5.75 Å². The summed E-state index contributed by atoms with van der Waals surface area (Å²) in [5.41, 5.74) is 7.01. The lowest BCUT2D eigenvalue weighted by Gasteiger charge is -2.39. The summed E-state index contributed by atoms with van der Waals surface area (Å²) in [6.45, 7) is 4.89. The number of piperidine rings is 1. The lowest BCUT2D eigenvalue weighted by molar-refractivity contribution is 0.0982. The number of hydrogen-bond acceptors (Lipinski definition) is 3. The zero-order valence-electron chi connectivity index (χ0n) is 12.1. The number of nitrogens with two attached hydrogens (primary N) is 1. The van der Waals surface area contributed by atoms with Crippen LogP contribution in [0.3, 0.4) is 0 Å². The fourth-order valence-electron chi connectivity index (χ4n) is 3.00. The van der Waals surface area contributed by atoms with Gasteiger partial charge in [-0.2, -0.15) is 0 Å². The van der Waals surface area contributed by atoms with Gasteiger partial charge in [0, 0.05) is 29.7 Å². The number of rotatable bonds is 4. The predicted octanol–water partition coefficient (Wildman–Crippen LogP) is 3.33. The molecule has 1 aromatic carbocycles. The Labute approximate surface area is 132 Å². The minimum Gasteiger partial charge on any atom is -0.496 e. The molecule has 0 saturated carbocycles. The monoisotopic (exact) mass is 318 g/mol. The summed E-state index contributed by atoms with van der Waals surface area (Å²) in [6, 6.07) is 6.25. The van der Waals surface area contributed by atoms with Crippen LogP contribution >= 0.6 is 24.0 Å². The molecule has 2 atom stereocenters. The number of ether oxygens (including phenoxy) is 1. The third kappa shape index (κ3) is 3.79. The topological polar surface area (TPSA) is 38.5 Å². The number of hydrogen-bond donors (Lipinski definition) is 1. The van der Waals surface area contributed by atoms with Gasteiger partial charge in [-0.05, 0) is 37.4 Å². The Hall–Kier alpha value is -0.480. The van der Waals surface area contributed by atoms with Gasteiger partial charge >= 0.3 is 0 Å². The van der Waals surface area contributed by atoms with Gasteiger partial charge in [-0.3, -0.25) is 4.90 Å². The van der Waals surface area contributed by atoms with Crippen molar-refractivity contribution in [2.45, 2.75) is 32.4 Å². The van der Waals surface area contributed by atoms with Crippen LogP contribution in [-0.4, -0.2) is 31.1 Å². The molecule has 0 aromatic heterocycles. The van der Waals surface area contributed by atoms with Crippen molar-refractivity contribution in [3.05, 3.63) is 28.8 Å². The van der Waals surface area contributed by atoms with Crippen LogP contribution in [0.4, 0.5) is 0 Å². The second kappa shape index (κ2) is 8.08. The van der Waals surface area contributed by atoms with Gasteiger partial charge in [-0.1, -0.05) is 24.6 Å². The van der Waals surface area contributed by atoms with Crippen LogP contribution in [0.5, 0.6) is 5.75 Å². The Bertz CT molecular complexity index is 428. The largest absolute Gasteiger partial charge is 0.496 e. The zero-order valence-corrected chi connectivity index (χ0v) is 13.7. The number of benzene rings is 1. The van der Waals surface area contributed by atoms with Crippen molar-refractivity contribution in [2.24, 2.45) is 11.7 Å². The quantitative estimate of drug-likeness (QED) is 0.925. The molecule has 1 aliphatic rings. The maximum Gasteiger partial charge on any atom is 0.124 e. The Morgan fingerprint density at radius 3 is 2.85 bits per heavy atom. The van der Waals surface area contributed by atoms with Gasteiger partial charge in [0.1, 0.15) is 5.75 Å². The molecule has 1 saturated heterocycles. The first-order chi connectivity index (χ1) is 9.17. The van der Waals surface area contributed by atoms with E-state index in [1.54, 1.807) is 7.11 Å². The van der Waals surface area contributed by atoms with Crippen LogP contribution in [0, 0.1) is 5.92 Å². The van der Waals surface area contributed by atoms with Crippen molar-refractivity contribution in [1.29, 1.82) is 0 Å². The lowest BCUT2D eigenvalue weighted by atomic mass is 9.90. The third-order valence-electron chi connectivity index (χ3n) is 4.13. The highest BCUT2D eigenvalue weighted by molar-refractivity contribution is 6.31. The highest BCUT2D eigenvalue weighted by Crippen LogP contribution is 2.31. The van der Waals surface area contributed by atoms with Crippen LogP contribution in [0.2, 0.25) is 5.02 Å². The smallest absolute Gasteiger partial charge is 0.124 e. The lowest BCUT2D eigenvalue weighted by Crippen LogP contribution is -2.48. The zero-order chi connectivity index (χ0) is 13.8. The van der Waals surface area contributed by atoms with E-state index >= 15 is 0 Å². The first kappa shape index (κ1) is 17.6. The second-order valence-corrected chi connectivity index (χ2v) is 5.72. The molecule has 1 heterocycles. The second-order valence-electron chi connectivity index (χ2n) is 5.31. The number of likely N-dealkylation sites (tertiary alicyclic amines) is 1. The van der Waals surface area contributed by atoms with Crippen molar-refractivity contribution in [2.75, 3.05) is 20.2 Å². The normalized spacial score (nSPS) is 23.2. The molecule has 0 amide bonds. The van der Waals surface area contributed by atoms with E-state index in [0.29, 0.717) is 18.5 Å².